The monoisotopic (exact) mass is 318 g/mol. The lowest BCUT2D eigenvalue weighted by molar-refractivity contribution is 0.581. The maximum Gasteiger partial charge on any atom is 0.240 e. The summed E-state index contributed by atoms with van der Waals surface area (Å²) in [5, 5.41) is 3.27. The van der Waals surface area contributed by atoms with Crippen LogP contribution >= 0.6 is 0 Å². The molecular formula is C17H22N2O2S. The second-order valence-corrected chi connectivity index (χ2v) is 7.38. The topological polar surface area (TPSA) is 58.2 Å². The highest BCUT2D eigenvalue weighted by molar-refractivity contribution is 7.89. The third-order valence-corrected chi connectivity index (χ3v) is 4.61. The highest BCUT2D eigenvalue weighted by atomic mass is 32.2. The molecule has 0 aliphatic heterocycles. The van der Waals surface area contributed by atoms with E-state index in [4.69, 9.17) is 0 Å². The van der Waals surface area contributed by atoms with Crippen LogP contribution in [-0.4, -0.2) is 15.0 Å². The first-order chi connectivity index (χ1) is 10.5. The van der Waals surface area contributed by atoms with Gasteiger partial charge < -0.3 is 5.32 Å². The Hall–Kier alpha value is -1.85. The Balaban J connectivity index is 2.00. The molecule has 2 rings (SSSR count). The summed E-state index contributed by atoms with van der Waals surface area (Å²) in [6.07, 6.45) is 0. The molecule has 118 valence electrons. The van der Waals surface area contributed by atoms with Crippen LogP contribution in [-0.2, 0) is 16.6 Å². The molecule has 5 heteroatoms. The maximum atomic E-state index is 12.3. The fourth-order valence-corrected chi connectivity index (χ4v) is 2.95. The van der Waals surface area contributed by atoms with Crippen LogP contribution in [0.1, 0.15) is 19.4 Å². The van der Waals surface area contributed by atoms with Gasteiger partial charge in [-0.2, -0.15) is 0 Å². The summed E-state index contributed by atoms with van der Waals surface area (Å²) in [4.78, 5) is 0.276. The molecular weight excluding hydrogens is 296 g/mol. The van der Waals surface area contributed by atoms with Gasteiger partial charge in [0.15, 0.2) is 0 Å². The Morgan fingerprint density at radius 3 is 2.18 bits per heavy atom. The Bertz CT molecular complexity index is 680. The van der Waals surface area contributed by atoms with Gasteiger partial charge in [-0.05, 0) is 35.7 Å². The van der Waals surface area contributed by atoms with Crippen LogP contribution in [0.2, 0.25) is 0 Å². The van der Waals surface area contributed by atoms with Crippen molar-refractivity contribution in [2.75, 3.05) is 11.9 Å². The maximum absolute atomic E-state index is 12.3. The summed E-state index contributed by atoms with van der Waals surface area (Å²) in [7, 11) is -3.48. The van der Waals surface area contributed by atoms with Crippen LogP contribution in [0.3, 0.4) is 0 Å². The van der Waals surface area contributed by atoms with E-state index in [9.17, 15) is 8.42 Å². The number of benzene rings is 2. The number of nitrogens with one attached hydrogen (secondary N) is 2. The lowest BCUT2D eigenvalue weighted by atomic mass is 10.2. The molecule has 2 N–H and O–H groups in total. The predicted molar refractivity (Wildman–Crippen MR) is 90.2 cm³/mol. The van der Waals surface area contributed by atoms with Crippen LogP contribution in [0.25, 0.3) is 0 Å². The van der Waals surface area contributed by atoms with Crippen molar-refractivity contribution >= 4 is 15.7 Å². The van der Waals surface area contributed by atoms with E-state index in [1.165, 1.54) is 0 Å². The van der Waals surface area contributed by atoms with Crippen molar-refractivity contribution in [3.63, 3.8) is 0 Å². The highest BCUT2D eigenvalue weighted by Crippen LogP contribution is 2.15. The Morgan fingerprint density at radius 2 is 1.59 bits per heavy atom. The lowest BCUT2D eigenvalue weighted by Crippen LogP contribution is -2.23. The van der Waals surface area contributed by atoms with Crippen LogP contribution < -0.4 is 10.0 Å². The molecule has 0 aliphatic carbocycles. The Labute approximate surface area is 132 Å². The van der Waals surface area contributed by atoms with Crippen molar-refractivity contribution in [2.24, 2.45) is 5.92 Å². The number of rotatable bonds is 7. The molecule has 0 amide bonds. The minimum Gasteiger partial charge on any atom is -0.385 e. The number of anilines is 1. The molecule has 0 saturated carbocycles. The molecule has 2 aromatic rings. The Kier molecular flexibility index (Phi) is 5.57. The van der Waals surface area contributed by atoms with Gasteiger partial charge in [0.1, 0.15) is 0 Å². The van der Waals surface area contributed by atoms with Crippen LogP contribution in [0.15, 0.2) is 59.5 Å². The molecule has 0 unspecified atom stereocenters. The standard InChI is InChI=1S/C17H22N2O2S/c1-14(2)12-18-16-8-10-17(11-9-16)22(20,21)19-13-15-6-4-3-5-7-15/h3-11,14,18-19H,12-13H2,1-2H3. The van der Waals surface area contributed by atoms with E-state index in [1.54, 1.807) is 24.3 Å². The van der Waals surface area contributed by atoms with Crippen molar-refractivity contribution in [2.45, 2.75) is 25.3 Å². The first-order valence-corrected chi connectivity index (χ1v) is 8.83. The normalized spacial score (nSPS) is 11.6. The molecule has 4 nitrogen and oxygen atoms in total. The van der Waals surface area contributed by atoms with Gasteiger partial charge in [0.25, 0.3) is 0 Å². The van der Waals surface area contributed by atoms with Crippen LogP contribution in [0.4, 0.5) is 5.69 Å². The van der Waals surface area contributed by atoms with Gasteiger partial charge in [-0.15, -0.1) is 0 Å². The molecule has 0 fully saturated rings. The fraction of sp³-hybridized carbons (Fsp3) is 0.294. The fourth-order valence-electron chi connectivity index (χ4n) is 1.93. The van der Waals surface area contributed by atoms with Gasteiger partial charge in [-0.1, -0.05) is 44.2 Å². The lowest BCUT2D eigenvalue weighted by Gasteiger charge is -2.10. The molecule has 0 heterocycles. The Morgan fingerprint density at radius 1 is 0.955 bits per heavy atom. The van der Waals surface area contributed by atoms with E-state index >= 15 is 0 Å². The van der Waals surface area contributed by atoms with Gasteiger partial charge >= 0.3 is 0 Å². The number of hydrogen-bond acceptors (Lipinski definition) is 3. The zero-order valence-electron chi connectivity index (χ0n) is 12.9. The van der Waals surface area contributed by atoms with Crippen molar-refractivity contribution in [1.29, 1.82) is 0 Å². The predicted octanol–water partition coefficient (Wildman–Crippen LogP) is 3.23. The zero-order valence-corrected chi connectivity index (χ0v) is 13.7. The number of sulfonamides is 1. The van der Waals surface area contributed by atoms with E-state index in [-0.39, 0.29) is 11.4 Å². The second kappa shape index (κ2) is 7.42. The SMILES string of the molecule is CC(C)CNc1ccc(S(=O)(=O)NCc2ccccc2)cc1. The minimum atomic E-state index is -3.48. The van der Waals surface area contributed by atoms with Crippen LogP contribution in [0, 0.1) is 5.92 Å². The summed E-state index contributed by atoms with van der Waals surface area (Å²) >= 11 is 0. The molecule has 0 aliphatic rings. The second-order valence-electron chi connectivity index (χ2n) is 5.61. The highest BCUT2D eigenvalue weighted by Gasteiger charge is 2.13. The molecule has 0 bridgehead atoms. The largest absolute Gasteiger partial charge is 0.385 e. The minimum absolute atomic E-state index is 0.276. The number of hydrogen-bond donors (Lipinski definition) is 2. The van der Waals surface area contributed by atoms with Gasteiger partial charge in [0.05, 0.1) is 4.90 Å². The molecule has 0 spiro atoms. The van der Waals surface area contributed by atoms with Gasteiger partial charge in [0.2, 0.25) is 10.0 Å². The van der Waals surface area contributed by atoms with Gasteiger partial charge in [-0.3, -0.25) is 0 Å². The molecule has 0 aromatic heterocycles. The summed E-state index contributed by atoms with van der Waals surface area (Å²) in [6.45, 7) is 5.40. The quantitative estimate of drug-likeness (QED) is 0.824. The van der Waals surface area contributed by atoms with E-state index in [0.717, 1.165) is 17.8 Å². The summed E-state index contributed by atoms with van der Waals surface area (Å²) in [6, 6.07) is 16.3. The first-order valence-electron chi connectivity index (χ1n) is 7.35. The van der Waals surface area contributed by atoms with Gasteiger partial charge in [0, 0.05) is 18.8 Å². The van der Waals surface area contributed by atoms with E-state index < -0.39 is 10.0 Å². The van der Waals surface area contributed by atoms with Gasteiger partial charge in [-0.25, -0.2) is 13.1 Å². The third kappa shape index (κ3) is 4.86. The van der Waals surface area contributed by atoms with Crippen molar-refractivity contribution in [3.05, 3.63) is 60.2 Å². The summed E-state index contributed by atoms with van der Waals surface area (Å²) in [5.74, 6) is 0.538. The molecule has 0 radical (unpaired) electrons. The molecule has 0 saturated heterocycles. The first kappa shape index (κ1) is 16.5. The molecule has 22 heavy (non-hydrogen) atoms. The van der Waals surface area contributed by atoms with E-state index in [0.29, 0.717) is 5.92 Å². The van der Waals surface area contributed by atoms with E-state index in [2.05, 4.69) is 23.9 Å². The zero-order chi connectivity index (χ0) is 16.0. The average Bonchev–Trinajstić information content (AvgIpc) is 2.52. The van der Waals surface area contributed by atoms with Crippen LogP contribution in [0.5, 0.6) is 0 Å². The van der Waals surface area contributed by atoms with E-state index in [1.807, 2.05) is 30.3 Å². The summed E-state index contributed by atoms with van der Waals surface area (Å²) < 4.78 is 27.1. The smallest absolute Gasteiger partial charge is 0.240 e. The van der Waals surface area contributed by atoms with Crippen molar-refractivity contribution in [3.8, 4) is 0 Å². The third-order valence-electron chi connectivity index (χ3n) is 3.19. The summed E-state index contributed by atoms with van der Waals surface area (Å²) in [5.41, 5.74) is 1.86. The van der Waals surface area contributed by atoms with Crippen molar-refractivity contribution < 1.29 is 8.42 Å². The molecule has 0 atom stereocenters. The average molecular weight is 318 g/mol. The van der Waals surface area contributed by atoms with Crippen molar-refractivity contribution in [1.82, 2.24) is 4.72 Å². The molecule has 2 aromatic carbocycles.